The molecule has 3 heterocycles. The average molecular weight is 392 g/mol. The molecule has 0 spiro atoms. The summed E-state index contributed by atoms with van der Waals surface area (Å²) in [5.74, 6) is -0.603. The fraction of sp³-hybridized carbons (Fsp3) is 0.214. The van der Waals surface area contributed by atoms with Gasteiger partial charge in [-0.15, -0.1) is 11.3 Å². The van der Waals surface area contributed by atoms with Gasteiger partial charge in [-0.3, -0.25) is 0 Å². The van der Waals surface area contributed by atoms with Crippen LogP contribution >= 0.6 is 11.3 Å². The Hall–Kier alpha value is -2.11. The van der Waals surface area contributed by atoms with E-state index in [0.29, 0.717) is 12.2 Å². The summed E-state index contributed by atoms with van der Waals surface area (Å²) < 4.78 is 73.7. The van der Waals surface area contributed by atoms with Gasteiger partial charge in [-0.1, -0.05) is 5.16 Å². The predicted octanol–water partition coefficient (Wildman–Crippen LogP) is 3.54. The number of furan rings is 1. The molecule has 0 aromatic carbocycles. The second-order valence-electron chi connectivity index (χ2n) is 4.92. The Balaban J connectivity index is 1.70. The normalized spacial score (nSPS) is 12.6. The zero-order chi connectivity index (χ0) is 18.1. The van der Waals surface area contributed by atoms with Gasteiger partial charge in [0.05, 0.1) is 11.1 Å². The van der Waals surface area contributed by atoms with Crippen LogP contribution in [0.3, 0.4) is 0 Å². The van der Waals surface area contributed by atoms with Crippen molar-refractivity contribution >= 4 is 21.4 Å². The first kappa shape index (κ1) is 17.7. The van der Waals surface area contributed by atoms with Gasteiger partial charge in [-0.2, -0.15) is 13.2 Å². The van der Waals surface area contributed by atoms with Gasteiger partial charge < -0.3 is 8.94 Å². The van der Waals surface area contributed by atoms with Crippen LogP contribution < -0.4 is 4.72 Å². The minimum atomic E-state index is -4.65. The molecular weight excluding hydrogens is 381 g/mol. The Kier molecular flexibility index (Phi) is 4.71. The van der Waals surface area contributed by atoms with E-state index >= 15 is 0 Å². The molecule has 0 atom stereocenters. The van der Waals surface area contributed by atoms with E-state index in [9.17, 15) is 21.6 Å². The van der Waals surface area contributed by atoms with E-state index in [1.165, 1.54) is 18.4 Å². The molecule has 0 saturated carbocycles. The lowest BCUT2D eigenvalue weighted by Crippen LogP contribution is -2.25. The van der Waals surface area contributed by atoms with Gasteiger partial charge in [0, 0.05) is 19.0 Å². The SMILES string of the molecule is O=S(=O)(NCCc1ccco1)c1ccc(-c2cc(C(F)(F)F)on2)s1. The molecule has 0 bridgehead atoms. The second kappa shape index (κ2) is 6.65. The monoisotopic (exact) mass is 392 g/mol. The van der Waals surface area contributed by atoms with Gasteiger partial charge in [0.15, 0.2) is 0 Å². The summed E-state index contributed by atoms with van der Waals surface area (Å²) in [7, 11) is -3.78. The number of hydrogen-bond acceptors (Lipinski definition) is 6. The van der Waals surface area contributed by atoms with Crippen molar-refractivity contribution in [3.05, 3.63) is 48.1 Å². The summed E-state index contributed by atoms with van der Waals surface area (Å²) in [4.78, 5) is 0.255. The zero-order valence-electron chi connectivity index (χ0n) is 12.4. The topological polar surface area (TPSA) is 85.3 Å². The van der Waals surface area contributed by atoms with Crippen molar-refractivity contribution in [2.45, 2.75) is 16.8 Å². The summed E-state index contributed by atoms with van der Waals surface area (Å²) in [5.41, 5.74) is -0.0747. The standard InChI is InChI=1S/C14H11F3N2O4S2/c15-14(16,17)12-8-10(19-23-12)11-3-4-13(24-11)25(20,21)18-6-5-9-2-1-7-22-9/h1-4,7-8,18H,5-6H2. The molecule has 3 aromatic heterocycles. The summed E-state index contributed by atoms with van der Waals surface area (Å²) >= 11 is 0.801. The summed E-state index contributed by atoms with van der Waals surface area (Å²) in [6.45, 7) is 0.130. The van der Waals surface area contributed by atoms with Gasteiger partial charge in [0.25, 0.3) is 0 Å². The molecule has 0 amide bonds. The Morgan fingerprint density at radius 3 is 2.68 bits per heavy atom. The fourth-order valence-electron chi connectivity index (χ4n) is 1.96. The quantitative estimate of drug-likeness (QED) is 0.694. The maximum absolute atomic E-state index is 12.5. The van der Waals surface area contributed by atoms with Gasteiger partial charge in [0.1, 0.15) is 15.7 Å². The maximum Gasteiger partial charge on any atom is 0.452 e. The molecule has 11 heteroatoms. The molecule has 0 fully saturated rings. The number of alkyl halides is 3. The van der Waals surface area contributed by atoms with Crippen LogP contribution in [0.2, 0.25) is 0 Å². The lowest BCUT2D eigenvalue weighted by atomic mass is 10.3. The highest BCUT2D eigenvalue weighted by molar-refractivity contribution is 7.91. The molecule has 3 rings (SSSR count). The lowest BCUT2D eigenvalue weighted by Gasteiger charge is -2.03. The van der Waals surface area contributed by atoms with Crippen LogP contribution in [-0.4, -0.2) is 20.1 Å². The number of rotatable bonds is 6. The van der Waals surface area contributed by atoms with E-state index in [1.54, 1.807) is 12.1 Å². The van der Waals surface area contributed by atoms with Gasteiger partial charge in [-0.05, 0) is 24.3 Å². The van der Waals surface area contributed by atoms with Gasteiger partial charge >= 0.3 is 6.18 Å². The minimum absolute atomic E-state index is 0.0292. The van der Waals surface area contributed by atoms with E-state index < -0.39 is 22.0 Å². The fourth-order valence-corrected chi connectivity index (χ4v) is 4.30. The second-order valence-corrected chi connectivity index (χ2v) is 8.00. The lowest BCUT2D eigenvalue weighted by molar-refractivity contribution is -0.155. The van der Waals surface area contributed by atoms with Crippen LogP contribution in [0.4, 0.5) is 13.2 Å². The van der Waals surface area contributed by atoms with Crippen LogP contribution in [0.15, 0.2) is 49.7 Å². The van der Waals surface area contributed by atoms with Crippen molar-refractivity contribution < 1.29 is 30.5 Å². The zero-order valence-corrected chi connectivity index (χ0v) is 14.0. The molecule has 134 valence electrons. The molecule has 0 radical (unpaired) electrons. The first-order chi connectivity index (χ1) is 11.8. The number of sulfonamides is 1. The van der Waals surface area contributed by atoms with E-state index in [0.717, 1.165) is 17.4 Å². The predicted molar refractivity (Wildman–Crippen MR) is 82.4 cm³/mol. The molecule has 0 aliphatic heterocycles. The van der Waals surface area contributed by atoms with Gasteiger partial charge in [0.2, 0.25) is 15.8 Å². The number of hydrogen-bond donors (Lipinski definition) is 1. The van der Waals surface area contributed by atoms with Crippen molar-refractivity contribution in [1.82, 2.24) is 9.88 Å². The van der Waals surface area contributed by atoms with Crippen LogP contribution in [0.5, 0.6) is 0 Å². The highest BCUT2D eigenvalue weighted by atomic mass is 32.2. The van der Waals surface area contributed by atoms with Crippen LogP contribution in [0.1, 0.15) is 11.5 Å². The summed E-state index contributed by atoms with van der Waals surface area (Å²) in [6, 6.07) is 6.83. The molecule has 1 N–H and O–H groups in total. The number of thiophene rings is 1. The number of aromatic nitrogens is 1. The third kappa shape index (κ3) is 4.11. The number of halogens is 3. The Morgan fingerprint density at radius 2 is 2.04 bits per heavy atom. The summed E-state index contributed by atoms with van der Waals surface area (Å²) in [5, 5.41) is 3.33. The first-order valence-corrected chi connectivity index (χ1v) is 9.22. The average Bonchev–Trinajstić information content (AvgIpc) is 3.27. The van der Waals surface area contributed by atoms with E-state index in [4.69, 9.17) is 4.42 Å². The van der Waals surface area contributed by atoms with E-state index in [-0.39, 0.29) is 21.3 Å². The van der Waals surface area contributed by atoms with Crippen molar-refractivity contribution in [3.63, 3.8) is 0 Å². The molecule has 6 nitrogen and oxygen atoms in total. The molecule has 0 saturated heterocycles. The highest BCUT2D eigenvalue weighted by Crippen LogP contribution is 2.35. The Labute approximate surface area is 144 Å². The van der Waals surface area contributed by atoms with Crippen LogP contribution in [0, 0.1) is 0 Å². The van der Waals surface area contributed by atoms with E-state index in [1.807, 2.05) is 0 Å². The van der Waals surface area contributed by atoms with Crippen molar-refractivity contribution in [2.24, 2.45) is 0 Å². The minimum Gasteiger partial charge on any atom is -0.469 e. The molecule has 0 unspecified atom stereocenters. The highest BCUT2D eigenvalue weighted by Gasteiger charge is 2.36. The molecule has 0 aliphatic carbocycles. The Bertz CT molecular complexity index is 943. The molecule has 25 heavy (non-hydrogen) atoms. The maximum atomic E-state index is 12.5. The van der Waals surface area contributed by atoms with Crippen LogP contribution in [0.25, 0.3) is 10.6 Å². The summed E-state index contributed by atoms with van der Waals surface area (Å²) in [6.07, 6.45) is -2.78. The Morgan fingerprint density at radius 1 is 1.24 bits per heavy atom. The largest absolute Gasteiger partial charge is 0.469 e. The van der Waals surface area contributed by atoms with E-state index in [2.05, 4.69) is 14.4 Å². The molecular formula is C14H11F3N2O4S2. The van der Waals surface area contributed by atoms with Crippen molar-refractivity contribution in [3.8, 4) is 10.6 Å². The number of nitrogens with one attached hydrogen (secondary N) is 1. The third-order valence-electron chi connectivity index (χ3n) is 3.13. The van der Waals surface area contributed by atoms with Crippen molar-refractivity contribution in [1.29, 1.82) is 0 Å². The molecule has 0 aliphatic rings. The molecule has 3 aromatic rings. The smallest absolute Gasteiger partial charge is 0.452 e. The third-order valence-corrected chi connectivity index (χ3v) is 6.19. The van der Waals surface area contributed by atoms with Gasteiger partial charge in [-0.25, -0.2) is 13.1 Å². The number of nitrogens with zero attached hydrogens (tertiary/aromatic N) is 1. The van der Waals surface area contributed by atoms with Crippen LogP contribution in [-0.2, 0) is 22.6 Å². The van der Waals surface area contributed by atoms with Crippen molar-refractivity contribution in [2.75, 3.05) is 6.54 Å². The first-order valence-electron chi connectivity index (χ1n) is 6.92.